The van der Waals surface area contributed by atoms with E-state index in [1.165, 1.54) is 17.0 Å². The number of rotatable bonds is 13. The van der Waals surface area contributed by atoms with Crippen LogP contribution < -0.4 is 9.62 Å². The van der Waals surface area contributed by atoms with Gasteiger partial charge in [0.2, 0.25) is 21.8 Å². The zero-order valence-corrected chi connectivity index (χ0v) is 23.5. The summed E-state index contributed by atoms with van der Waals surface area (Å²) in [5, 5.41) is 2.95. The van der Waals surface area contributed by atoms with Crippen molar-refractivity contribution in [2.75, 3.05) is 23.7 Å². The number of sulfonamides is 1. The molecule has 1 N–H and O–H groups in total. The van der Waals surface area contributed by atoms with Crippen LogP contribution in [0.5, 0.6) is 0 Å². The molecule has 0 fully saturated rings. The zero-order valence-electron chi connectivity index (χ0n) is 22.6. The van der Waals surface area contributed by atoms with Crippen LogP contribution in [0.4, 0.5) is 10.1 Å². The van der Waals surface area contributed by atoms with E-state index >= 15 is 0 Å². The molecule has 0 aromatic heterocycles. The van der Waals surface area contributed by atoms with E-state index in [1.54, 1.807) is 0 Å². The van der Waals surface area contributed by atoms with Gasteiger partial charge in [0.1, 0.15) is 18.4 Å². The minimum atomic E-state index is -3.90. The Morgan fingerprint density at radius 1 is 0.949 bits per heavy atom. The molecule has 0 bridgehead atoms. The third-order valence-electron chi connectivity index (χ3n) is 6.50. The second-order valence-corrected chi connectivity index (χ2v) is 11.5. The summed E-state index contributed by atoms with van der Waals surface area (Å²) in [7, 11) is -3.90. The average molecular weight is 554 g/mol. The van der Waals surface area contributed by atoms with Gasteiger partial charge in [-0.2, -0.15) is 0 Å². The molecule has 0 radical (unpaired) electrons. The minimum Gasteiger partial charge on any atom is -0.354 e. The summed E-state index contributed by atoms with van der Waals surface area (Å²) >= 11 is 0. The van der Waals surface area contributed by atoms with Gasteiger partial charge in [-0.1, -0.05) is 67.9 Å². The van der Waals surface area contributed by atoms with E-state index in [4.69, 9.17) is 0 Å². The summed E-state index contributed by atoms with van der Waals surface area (Å²) in [6, 6.07) is 21.0. The fourth-order valence-electron chi connectivity index (χ4n) is 4.25. The van der Waals surface area contributed by atoms with Gasteiger partial charge in [-0.15, -0.1) is 0 Å². The summed E-state index contributed by atoms with van der Waals surface area (Å²) in [6.45, 7) is 4.00. The number of hydrogen-bond acceptors (Lipinski definition) is 4. The van der Waals surface area contributed by atoms with Gasteiger partial charge in [-0.25, -0.2) is 12.8 Å². The van der Waals surface area contributed by atoms with E-state index < -0.39 is 34.3 Å². The molecule has 2 amide bonds. The molecule has 0 aliphatic carbocycles. The molecule has 0 saturated heterocycles. The highest BCUT2D eigenvalue weighted by Gasteiger charge is 2.33. The van der Waals surface area contributed by atoms with Crippen LogP contribution in [-0.4, -0.2) is 50.5 Å². The number of anilines is 1. The number of halogens is 1. The lowest BCUT2D eigenvalue weighted by atomic mass is 10.0. The number of benzene rings is 3. The molecule has 208 valence electrons. The molecule has 0 heterocycles. The van der Waals surface area contributed by atoms with E-state index in [9.17, 15) is 22.4 Å². The van der Waals surface area contributed by atoms with Crippen LogP contribution in [0.15, 0.2) is 78.9 Å². The summed E-state index contributed by atoms with van der Waals surface area (Å²) in [6.07, 6.45) is 2.94. The van der Waals surface area contributed by atoms with Crippen molar-refractivity contribution in [1.29, 1.82) is 0 Å². The molecule has 9 heteroatoms. The van der Waals surface area contributed by atoms with Crippen LogP contribution in [0, 0.1) is 12.7 Å². The van der Waals surface area contributed by atoms with Gasteiger partial charge in [0, 0.05) is 19.5 Å². The Morgan fingerprint density at radius 2 is 1.59 bits per heavy atom. The lowest BCUT2D eigenvalue weighted by Gasteiger charge is -2.34. The molecule has 3 rings (SSSR count). The molecule has 0 saturated carbocycles. The van der Waals surface area contributed by atoms with Crippen LogP contribution in [0.3, 0.4) is 0 Å². The normalized spacial score (nSPS) is 12.0. The molecule has 0 unspecified atom stereocenters. The molecule has 0 spiro atoms. The number of nitrogens with zero attached hydrogens (tertiary/aromatic N) is 2. The Bertz CT molecular complexity index is 1350. The van der Waals surface area contributed by atoms with Gasteiger partial charge in [-0.3, -0.25) is 13.9 Å². The van der Waals surface area contributed by atoms with Crippen molar-refractivity contribution in [3.8, 4) is 0 Å². The van der Waals surface area contributed by atoms with Gasteiger partial charge in [0.15, 0.2) is 0 Å². The summed E-state index contributed by atoms with van der Waals surface area (Å²) < 4.78 is 40.0. The Morgan fingerprint density at radius 3 is 2.21 bits per heavy atom. The van der Waals surface area contributed by atoms with Crippen LogP contribution in [0.25, 0.3) is 0 Å². The molecule has 1 atom stereocenters. The maximum atomic E-state index is 14.0. The summed E-state index contributed by atoms with van der Waals surface area (Å²) in [5.41, 5.74) is 2.82. The fourth-order valence-corrected chi connectivity index (χ4v) is 5.10. The second kappa shape index (κ2) is 13.9. The number of hydrogen-bond donors (Lipinski definition) is 1. The third-order valence-corrected chi connectivity index (χ3v) is 7.64. The Balaban J connectivity index is 2.03. The van der Waals surface area contributed by atoms with E-state index in [0.29, 0.717) is 6.54 Å². The van der Waals surface area contributed by atoms with Gasteiger partial charge < -0.3 is 10.2 Å². The maximum absolute atomic E-state index is 14.0. The highest BCUT2D eigenvalue weighted by molar-refractivity contribution is 7.92. The quantitative estimate of drug-likeness (QED) is 0.317. The lowest BCUT2D eigenvalue weighted by Crippen LogP contribution is -2.53. The molecule has 3 aromatic rings. The average Bonchev–Trinajstić information content (AvgIpc) is 2.91. The number of nitrogens with one attached hydrogen (secondary N) is 1. The highest BCUT2D eigenvalue weighted by atomic mass is 32.2. The number of unbranched alkanes of at least 4 members (excludes halogenated alkanes) is 1. The van der Waals surface area contributed by atoms with Crippen molar-refractivity contribution < 1.29 is 22.4 Å². The minimum absolute atomic E-state index is 0.116. The Labute approximate surface area is 230 Å². The third kappa shape index (κ3) is 8.64. The first kappa shape index (κ1) is 29.8. The van der Waals surface area contributed by atoms with Gasteiger partial charge in [-0.05, 0) is 54.3 Å². The van der Waals surface area contributed by atoms with E-state index in [-0.39, 0.29) is 24.6 Å². The zero-order chi connectivity index (χ0) is 28.4. The van der Waals surface area contributed by atoms with Crippen molar-refractivity contribution >= 4 is 27.5 Å². The van der Waals surface area contributed by atoms with Crippen LogP contribution >= 0.6 is 0 Å². The van der Waals surface area contributed by atoms with E-state index in [2.05, 4.69) is 5.32 Å². The fraction of sp³-hybridized carbons (Fsp3) is 0.333. The molecule has 39 heavy (non-hydrogen) atoms. The monoisotopic (exact) mass is 553 g/mol. The standard InChI is InChI=1S/C30H36FN3O4S/c1-4-5-19-32-30(36)28(20-24-12-7-6-8-13-24)33(21-25-14-10-9-11-23(25)2)29(35)22-34(39(3,37)38)27-17-15-26(31)16-18-27/h6-18,28H,4-5,19-22H2,1-3H3,(H,32,36)/t28-/m1/s1. The second-order valence-electron chi connectivity index (χ2n) is 9.54. The number of amides is 2. The number of carbonyl (C=O) groups is 2. The first-order valence-corrected chi connectivity index (χ1v) is 14.8. The van der Waals surface area contributed by atoms with Crippen LogP contribution in [0.1, 0.15) is 36.5 Å². The predicted molar refractivity (Wildman–Crippen MR) is 152 cm³/mol. The smallest absolute Gasteiger partial charge is 0.244 e. The van der Waals surface area contributed by atoms with Crippen molar-refractivity contribution in [3.63, 3.8) is 0 Å². The van der Waals surface area contributed by atoms with Crippen molar-refractivity contribution in [2.24, 2.45) is 0 Å². The van der Waals surface area contributed by atoms with Crippen molar-refractivity contribution in [1.82, 2.24) is 10.2 Å². The first-order chi connectivity index (χ1) is 18.6. The van der Waals surface area contributed by atoms with Gasteiger partial charge >= 0.3 is 0 Å². The van der Waals surface area contributed by atoms with Crippen LogP contribution in [-0.2, 0) is 32.6 Å². The largest absolute Gasteiger partial charge is 0.354 e. The molecular weight excluding hydrogens is 517 g/mol. The Kier molecular flexibility index (Phi) is 10.6. The van der Waals surface area contributed by atoms with Gasteiger partial charge in [0.05, 0.1) is 11.9 Å². The summed E-state index contributed by atoms with van der Waals surface area (Å²) in [5.74, 6) is -1.37. The summed E-state index contributed by atoms with van der Waals surface area (Å²) in [4.78, 5) is 29.0. The topological polar surface area (TPSA) is 86.8 Å². The maximum Gasteiger partial charge on any atom is 0.244 e. The lowest BCUT2D eigenvalue weighted by molar-refractivity contribution is -0.140. The first-order valence-electron chi connectivity index (χ1n) is 13.0. The Hall–Kier alpha value is -3.72. The van der Waals surface area contributed by atoms with Crippen molar-refractivity contribution in [3.05, 3.63) is 101 Å². The molecule has 3 aromatic carbocycles. The molecule has 7 nitrogen and oxygen atoms in total. The van der Waals surface area contributed by atoms with E-state index in [0.717, 1.165) is 52.2 Å². The van der Waals surface area contributed by atoms with Crippen molar-refractivity contribution in [2.45, 2.75) is 45.7 Å². The molecular formula is C30H36FN3O4S. The molecule has 0 aliphatic heterocycles. The molecule has 0 aliphatic rings. The predicted octanol–water partition coefficient (Wildman–Crippen LogP) is 4.46. The SMILES string of the molecule is CCCCNC(=O)[C@@H](Cc1ccccc1)N(Cc1ccccc1C)C(=O)CN(c1ccc(F)cc1)S(C)(=O)=O. The number of aryl methyl sites for hydroxylation is 1. The van der Waals surface area contributed by atoms with Gasteiger partial charge in [0.25, 0.3) is 0 Å². The van der Waals surface area contributed by atoms with E-state index in [1.807, 2.05) is 68.4 Å². The van der Waals surface area contributed by atoms with Crippen LogP contribution in [0.2, 0.25) is 0 Å². The highest BCUT2D eigenvalue weighted by Crippen LogP contribution is 2.21. The number of carbonyl (C=O) groups excluding carboxylic acids is 2.